The fraction of sp³-hybridized carbons (Fsp3) is 0.824. The highest BCUT2D eigenvalue weighted by Crippen LogP contribution is 2.36. The zero-order chi connectivity index (χ0) is 17.2. The topological polar surface area (TPSA) is 38.8 Å². The SMILES string of the molecule is CC(C)(C)OC(=O)N1CCC[C@H]1/C=C/O[Si](C)(C)C(C)(C)C. The molecule has 0 radical (unpaired) electrons. The van der Waals surface area contributed by atoms with Crippen LogP contribution in [0.25, 0.3) is 0 Å². The summed E-state index contributed by atoms with van der Waals surface area (Å²) in [5, 5.41) is 0.178. The molecule has 1 fully saturated rings. The van der Waals surface area contributed by atoms with Crippen LogP contribution in [0.4, 0.5) is 4.79 Å². The number of carbonyl (C=O) groups is 1. The van der Waals surface area contributed by atoms with E-state index in [1.807, 2.05) is 33.1 Å². The Morgan fingerprint density at radius 3 is 2.27 bits per heavy atom. The van der Waals surface area contributed by atoms with Gasteiger partial charge in [0.1, 0.15) is 5.60 Å². The fourth-order valence-electron chi connectivity index (χ4n) is 2.02. The third-order valence-electron chi connectivity index (χ3n) is 4.40. The minimum atomic E-state index is -1.79. The number of likely N-dealkylation sites (tertiary alicyclic amines) is 1. The van der Waals surface area contributed by atoms with E-state index in [4.69, 9.17) is 9.16 Å². The van der Waals surface area contributed by atoms with Gasteiger partial charge < -0.3 is 14.1 Å². The van der Waals surface area contributed by atoms with E-state index in [1.54, 1.807) is 4.90 Å². The van der Waals surface area contributed by atoms with Crippen LogP contribution in [0, 0.1) is 0 Å². The van der Waals surface area contributed by atoms with E-state index >= 15 is 0 Å². The van der Waals surface area contributed by atoms with E-state index in [1.165, 1.54) is 0 Å². The van der Waals surface area contributed by atoms with Crippen LogP contribution in [-0.2, 0) is 9.16 Å². The standard InChI is InChI=1S/C17H33NO3Si/c1-16(2,3)21-15(19)18-12-9-10-14(18)11-13-20-22(7,8)17(4,5)6/h11,13-14H,9-10,12H2,1-8H3/b13-11+/t14-/m0/s1. The van der Waals surface area contributed by atoms with Crippen molar-refractivity contribution in [3.63, 3.8) is 0 Å². The second-order valence-corrected chi connectivity index (χ2v) is 13.3. The van der Waals surface area contributed by atoms with Crippen LogP contribution in [0.3, 0.4) is 0 Å². The highest BCUT2D eigenvalue weighted by atomic mass is 28.4. The Hall–Kier alpha value is -0.973. The minimum absolute atomic E-state index is 0.0830. The molecule has 0 aliphatic carbocycles. The maximum absolute atomic E-state index is 12.2. The van der Waals surface area contributed by atoms with E-state index in [0.29, 0.717) is 0 Å². The maximum Gasteiger partial charge on any atom is 0.410 e. The van der Waals surface area contributed by atoms with Crippen LogP contribution in [-0.4, -0.2) is 37.5 Å². The summed E-state index contributed by atoms with van der Waals surface area (Å²) in [7, 11) is -1.79. The summed E-state index contributed by atoms with van der Waals surface area (Å²) in [6.45, 7) is 17.5. The van der Waals surface area contributed by atoms with Crippen LogP contribution in [0.1, 0.15) is 54.4 Å². The Labute approximate surface area is 137 Å². The number of nitrogens with zero attached hydrogens (tertiary/aromatic N) is 1. The predicted molar refractivity (Wildman–Crippen MR) is 93.4 cm³/mol. The van der Waals surface area contributed by atoms with Crippen molar-refractivity contribution >= 4 is 14.4 Å². The summed E-state index contributed by atoms with van der Waals surface area (Å²) in [6.07, 6.45) is 5.57. The Bertz CT molecular complexity index is 419. The van der Waals surface area contributed by atoms with Gasteiger partial charge in [-0.05, 0) is 57.8 Å². The third-order valence-corrected chi connectivity index (χ3v) is 8.73. The molecular formula is C17H33NO3Si. The lowest BCUT2D eigenvalue weighted by Crippen LogP contribution is -2.40. The lowest BCUT2D eigenvalue weighted by Gasteiger charge is -2.35. The molecule has 1 heterocycles. The van der Waals surface area contributed by atoms with Gasteiger partial charge in [0, 0.05) is 6.54 Å². The van der Waals surface area contributed by atoms with Crippen molar-refractivity contribution in [1.82, 2.24) is 4.90 Å². The van der Waals surface area contributed by atoms with E-state index in [-0.39, 0.29) is 17.2 Å². The molecule has 22 heavy (non-hydrogen) atoms. The molecule has 0 aromatic rings. The van der Waals surface area contributed by atoms with Gasteiger partial charge in [-0.25, -0.2) is 4.79 Å². The fourth-order valence-corrected chi connectivity index (χ4v) is 2.79. The molecule has 128 valence electrons. The lowest BCUT2D eigenvalue weighted by molar-refractivity contribution is 0.0255. The van der Waals surface area contributed by atoms with E-state index in [0.717, 1.165) is 19.4 Å². The number of carbonyl (C=O) groups excluding carboxylic acids is 1. The summed E-state index contributed by atoms with van der Waals surface area (Å²) in [5.41, 5.74) is -0.453. The number of amides is 1. The molecule has 0 saturated carbocycles. The number of hydrogen-bond acceptors (Lipinski definition) is 3. The summed E-state index contributed by atoms with van der Waals surface area (Å²) < 4.78 is 11.5. The van der Waals surface area contributed by atoms with Gasteiger partial charge in [0.05, 0.1) is 12.3 Å². The molecule has 1 amide bonds. The average molecular weight is 328 g/mol. The minimum Gasteiger partial charge on any atom is -0.549 e. The van der Waals surface area contributed by atoms with E-state index < -0.39 is 13.9 Å². The molecule has 1 aliphatic rings. The largest absolute Gasteiger partial charge is 0.549 e. The normalized spacial score (nSPS) is 20.5. The van der Waals surface area contributed by atoms with Crippen molar-refractivity contribution in [2.24, 2.45) is 0 Å². The molecule has 1 saturated heterocycles. The van der Waals surface area contributed by atoms with Crippen molar-refractivity contribution in [1.29, 1.82) is 0 Å². The van der Waals surface area contributed by atoms with Crippen LogP contribution >= 0.6 is 0 Å². The summed E-state index contributed by atoms with van der Waals surface area (Å²) in [4.78, 5) is 14.0. The summed E-state index contributed by atoms with van der Waals surface area (Å²) in [6, 6.07) is 0.0830. The molecule has 0 unspecified atom stereocenters. The highest BCUT2D eigenvalue weighted by Gasteiger charge is 2.38. The van der Waals surface area contributed by atoms with Crippen molar-refractivity contribution < 1.29 is 14.0 Å². The molecule has 1 rings (SSSR count). The van der Waals surface area contributed by atoms with Gasteiger partial charge in [-0.15, -0.1) is 0 Å². The molecule has 0 bridgehead atoms. The van der Waals surface area contributed by atoms with Gasteiger partial charge in [0.15, 0.2) is 0 Å². The first-order valence-electron chi connectivity index (χ1n) is 8.18. The van der Waals surface area contributed by atoms with Crippen LogP contribution in [0.5, 0.6) is 0 Å². The second-order valence-electron chi connectivity index (χ2n) is 8.59. The average Bonchev–Trinajstić information content (AvgIpc) is 2.73. The molecule has 0 aromatic heterocycles. The Balaban J connectivity index is 2.65. The summed E-state index contributed by atoms with van der Waals surface area (Å²) >= 11 is 0. The third kappa shape index (κ3) is 5.34. The van der Waals surface area contributed by atoms with Crippen LogP contribution in [0.15, 0.2) is 12.3 Å². The van der Waals surface area contributed by atoms with Crippen molar-refractivity contribution in [3.05, 3.63) is 12.3 Å². The zero-order valence-corrected chi connectivity index (χ0v) is 16.5. The van der Waals surface area contributed by atoms with Crippen molar-refractivity contribution in [3.8, 4) is 0 Å². The van der Waals surface area contributed by atoms with E-state index in [2.05, 4.69) is 33.9 Å². The first kappa shape index (κ1) is 19.1. The quantitative estimate of drug-likeness (QED) is 0.545. The first-order valence-corrected chi connectivity index (χ1v) is 11.1. The zero-order valence-electron chi connectivity index (χ0n) is 15.5. The lowest BCUT2D eigenvalue weighted by atomic mass is 10.2. The number of rotatable bonds is 3. The molecule has 0 aromatic carbocycles. The van der Waals surface area contributed by atoms with Gasteiger partial charge in [0.2, 0.25) is 8.32 Å². The highest BCUT2D eigenvalue weighted by molar-refractivity contribution is 6.74. The van der Waals surface area contributed by atoms with Gasteiger partial charge >= 0.3 is 6.09 Å². The molecule has 0 N–H and O–H groups in total. The smallest absolute Gasteiger partial charge is 0.410 e. The van der Waals surface area contributed by atoms with Gasteiger partial charge in [0.25, 0.3) is 0 Å². The molecule has 1 aliphatic heterocycles. The first-order chi connectivity index (χ1) is 9.83. The van der Waals surface area contributed by atoms with Crippen molar-refractivity contribution in [2.45, 2.75) is 84.2 Å². The van der Waals surface area contributed by atoms with Gasteiger partial charge in [-0.2, -0.15) is 0 Å². The van der Waals surface area contributed by atoms with Crippen LogP contribution in [0.2, 0.25) is 18.1 Å². The predicted octanol–water partition coefficient (Wildman–Crippen LogP) is 4.92. The Kier molecular flexibility index (Phi) is 5.76. The van der Waals surface area contributed by atoms with Gasteiger partial charge in [-0.3, -0.25) is 0 Å². The van der Waals surface area contributed by atoms with Crippen LogP contribution < -0.4 is 0 Å². The number of hydrogen-bond donors (Lipinski definition) is 0. The number of ether oxygens (including phenoxy) is 1. The molecule has 0 spiro atoms. The monoisotopic (exact) mass is 327 g/mol. The Morgan fingerprint density at radius 2 is 1.77 bits per heavy atom. The molecule has 4 nitrogen and oxygen atoms in total. The Morgan fingerprint density at radius 1 is 1.18 bits per heavy atom. The van der Waals surface area contributed by atoms with Gasteiger partial charge in [-0.1, -0.05) is 20.8 Å². The summed E-state index contributed by atoms with van der Waals surface area (Å²) in [5.74, 6) is 0. The molecular weight excluding hydrogens is 294 g/mol. The van der Waals surface area contributed by atoms with E-state index in [9.17, 15) is 4.79 Å². The van der Waals surface area contributed by atoms with Crippen molar-refractivity contribution in [2.75, 3.05) is 6.54 Å². The maximum atomic E-state index is 12.2. The second kappa shape index (κ2) is 6.65. The molecule has 5 heteroatoms. The molecule has 1 atom stereocenters.